The highest BCUT2D eigenvalue weighted by molar-refractivity contribution is 5.91. The van der Waals surface area contributed by atoms with Crippen LogP contribution in [0, 0.1) is 0 Å². The van der Waals surface area contributed by atoms with Gasteiger partial charge in [0.1, 0.15) is 5.76 Å². The predicted octanol–water partition coefficient (Wildman–Crippen LogP) is 3.29. The summed E-state index contributed by atoms with van der Waals surface area (Å²) in [6.45, 7) is 4.65. The van der Waals surface area contributed by atoms with E-state index in [2.05, 4.69) is 22.0 Å². The molecule has 132 valence electrons. The fourth-order valence-corrected chi connectivity index (χ4v) is 3.95. The summed E-state index contributed by atoms with van der Waals surface area (Å²) in [6.07, 6.45) is 8.21. The zero-order chi connectivity index (χ0) is 17.1. The lowest BCUT2D eigenvalue weighted by atomic mass is 9.90. The molecule has 0 aromatic carbocycles. The van der Waals surface area contributed by atoms with Gasteiger partial charge < -0.3 is 9.32 Å². The first-order valence-corrected chi connectivity index (χ1v) is 9.30. The van der Waals surface area contributed by atoms with Gasteiger partial charge in [-0.25, -0.2) is 0 Å². The van der Waals surface area contributed by atoms with E-state index in [1.165, 1.54) is 18.4 Å². The molecule has 2 fully saturated rings. The van der Waals surface area contributed by atoms with Crippen molar-refractivity contribution in [3.63, 3.8) is 0 Å². The number of amides is 1. The molecule has 0 unspecified atom stereocenters. The molecule has 4 heterocycles. The molecule has 0 radical (unpaired) electrons. The number of pyridine rings is 1. The minimum absolute atomic E-state index is 0.0286. The summed E-state index contributed by atoms with van der Waals surface area (Å²) in [4.78, 5) is 21.1. The van der Waals surface area contributed by atoms with Crippen LogP contribution in [0.1, 0.15) is 53.5 Å². The van der Waals surface area contributed by atoms with E-state index >= 15 is 0 Å². The predicted molar refractivity (Wildman–Crippen MR) is 95.3 cm³/mol. The second kappa shape index (κ2) is 7.40. The summed E-state index contributed by atoms with van der Waals surface area (Å²) in [5.41, 5.74) is 1.33. The quantitative estimate of drug-likeness (QED) is 0.858. The molecule has 0 bridgehead atoms. The Morgan fingerprint density at radius 2 is 1.76 bits per heavy atom. The van der Waals surface area contributed by atoms with E-state index < -0.39 is 0 Å². The number of rotatable bonds is 4. The van der Waals surface area contributed by atoms with E-state index in [9.17, 15) is 4.79 Å². The first-order chi connectivity index (χ1) is 12.3. The summed E-state index contributed by atoms with van der Waals surface area (Å²) in [5.74, 6) is 1.93. The van der Waals surface area contributed by atoms with Crippen molar-refractivity contribution in [1.82, 2.24) is 14.8 Å². The zero-order valence-corrected chi connectivity index (χ0v) is 14.6. The molecule has 4 rings (SSSR count). The van der Waals surface area contributed by atoms with Gasteiger partial charge >= 0.3 is 0 Å². The van der Waals surface area contributed by atoms with Crippen LogP contribution in [0.25, 0.3) is 0 Å². The molecular weight excluding hydrogens is 314 g/mol. The van der Waals surface area contributed by atoms with Crippen LogP contribution >= 0.6 is 0 Å². The number of hydrogen-bond donors (Lipinski definition) is 0. The number of carbonyl (C=O) groups is 1. The average molecular weight is 339 g/mol. The van der Waals surface area contributed by atoms with Crippen molar-refractivity contribution in [3.05, 3.63) is 53.7 Å². The van der Waals surface area contributed by atoms with E-state index in [0.29, 0.717) is 11.7 Å². The van der Waals surface area contributed by atoms with Crippen molar-refractivity contribution in [2.75, 3.05) is 26.2 Å². The van der Waals surface area contributed by atoms with Crippen molar-refractivity contribution in [1.29, 1.82) is 0 Å². The van der Waals surface area contributed by atoms with Crippen molar-refractivity contribution >= 4 is 5.91 Å². The largest absolute Gasteiger partial charge is 0.455 e. The first kappa shape index (κ1) is 16.3. The Bertz CT molecular complexity index is 699. The van der Waals surface area contributed by atoms with Gasteiger partial charge in [0.25, 0.3) is 5.91 Å². The number of furan rings is 1. The second-order valence-corrected chi connectivity index (χ2v) is 7.10. The van der Waals surface area contributed by atoms with Gasteiger partial charge in [-0.05, 0) is 74.5 Å². The van der Waals surface area contributed by atoms with E-state index in [1.54, 1.807) is 0 Å². The lowest BCUT2D eigenvalue weighted by Crippen LogP contribution is -2.37. The van der Waals surface area contributed by atoms with Crippen molar-refractivity contribution in [3.8, 4) is 0 Å². The molecule has 2 aromatic rings. The molecule has 2 saturated heterocycles. The molecule has 0 saturated carbocycles. The van der Waals surface area contributed by atoms with Crippen LogP contribution in [0.4, 0.5) is 0 Å². The molecule has 2 aromatic heterocycles. The van der Waals surface area contributed by atoms with Gasteiger partial charge in [0, 0.05) is 25.5 Å². The van der Waals surface area contributed by atoms with Crippen LogP contribution in [0.3, 0.4) is 0 Å². The fourth-order valence-electron chi connectivity index (χ4n) is 3.95. The second-order valence-electron chi connectivity index (χ2n) is 7.10. The molecule has 2 aliphatic heterocycles. The summed E-state index contributed by atoms with van der Waals surface area (Å²) >= 11 is 0. The third-order valence-electron chi connectivity index (χ3n) is 5.41. The Labute approximate surface area is 148 Å². The lowest BCUT2D eigenvalue weighted by Gasteiger charge is -2.31. The summed E-state index contributed by atoms with van der Waals surface area (Å²) in [7, 11) is 0. The molecule has 0 N–H and O–H groups in total. The van der Waals surface area contributed by atoms with Gasteiger partial charge in [-0.2, -0.15) is 0 Å². The van der Waals surface area contributed by atoms with Gasteiger partial charge in [0.15, 0.2) is 5.76 Å². The van der Waals surface area contributed by atoms with Gasteiger partial charge in [-0.15, -0.1) is 0 Å². The highest BCUT2D eigenvalue weighted by Gasteiger charge is 2.26. The molecule has 2 aliphatic rings. The minimum atomic E-state index is 0.0286. The van der Waals surface area contributed by atoms with Gasteiger partial charge in [0.05, 0.1) is 6.54 Å². The van der Waals surface area contributed by atoms with Crippen LogP contribution in [0.2, 0.25) is 0 Å². The maximum atomic E-state index is 12.7. The first-order valence-electron chi connectivity index (χ1n) is 9.30. The topological polar surface area (TPSA) is 49.6 Å². The molecule has 5 heteroatoms. The molecule has 25 heavy (non-hydrogen) atoms. The van der Waals surface area contributed by atoms with Gasteiger partial charge in [0.2, 0.25) is 0 Å². The highest BCUT2D eigenvalue weighted by atomic mass is 16.4. The monoisotopic (exact) mass is 339 g/mol. The highest BCUT2D eigenvalue weighted by Crippen LogP contribution is 2.28. The van der Waals surface area contributed by atoms with Crippen LogP contribution in [0.5, 0.6) is 0 Å². The van der Waals surface area contributed by atoms with Crippen LogP contribution in [-0.4, -0.2) is 46.9 Å². The zero-order valence-electron chi connectivity index (χ0n) is 14.6. The van der Waals surface area contributed by atoms with Crippen molar-refractivity contribution in [2.45, 2.75) is 38.1 Å². The molecule has 0 spiro atoms. The standard InChI is InChI=1S/C20H25N3O2/c24-20(19-4-3-18(25-19)15-22-11-1-2-12-22)23-13-7-17(8-14-23)16-5-9-21-10-6-16/h3-6,9-10,17H,1-2,7-8,11-15H2. The van der Waals surface area contributed by atoms with Crippen molar-refractivity contribution in [2.24, 2.45) is 0 Å². The lowest BCUT2D eigenvalue weighted by molar-refractivity contribution is 0.0677. The molecule has 5 nitrogen and oxygen atoms in total. The fraction of sp³-hybridized carbons (Fsp3) is 0.500. The molecule has 0 aliphatic carbocycles. The number of nitrogens with zero attached hydrogens (tertiary/aromatic N) is 3. The molecular formula is C20H25N3O2. The maximum Gasteiger partial charge on any atom is 0.289 e. The van der Waals surface area contributed by atoms with Gasteiger partial charge in [-0.3, -0.25) is 14.7 Å². The number of likely N-dealkylation sites (tertiary alicyclic amines) is 2. The average Bonchev–Trinajstić information content (AvgIpc) is 3.35. The maximum absolute atomic E-state index is 12.7. The summed E-state index contributed by atoms with van der Waals surface area (Å²) in [6, 6.07) is 7.95. The van der Waals surface area contributed by atoms with Crippen LogP contribution in [-0.2, 0) is 6.54 Å². The van der Waals surface area contributed by atoms with E-state index in [1.807, 2.05) is 29.4 Å². The third kappa shape index (κ3) is 3.76. The Hall–Kier alpha value is -2.14. The van der Waals surface area contributed by atoms with Crippen LogP contribution in [0.15, 0.2) is 41.1 Å². The number of carbonyl (C=O) groups excluding carboxylic acids is 1. The minimum Gasteiger partial charge on any atom is -0.455 e. The molecule has 0 atom stereocenters. The molecule has 1 amide bonds. The number of hydrogen-bond acceptors (Lipinski definition) is 4. The normalized spacial score (nSPS) is 19.4. The van der Waals surface area contributed by atoms with Crippen molar-refractivity contribution < 1.29 is 9.21 Å². The van der Waals surface area contributed by atoms with E-state index in [0.717, 1.165) is 51.3 Å². The van der Waals surface area contributed by atoms with Crippen LogP contribution < -0.4 is 0 Å². The Balaban J connectivity index is 1.33. The van der Waals surface area contributed by atoms with E-state index in [4.69, 9.17) is 4.42 Å². The smallest absolute Gasteiger partial charge is 0.289 e. The van der Waals surface area contributed by atoms with E-state index in [-0.39, 0.29) is 5.91 Å². The number of piperidine rings is 1. The summed E-state index contributed by atoms with van der Waals surface area (Å²) in [5, 5.41) is 0. The SMILES string of the molecule is O=C(c1ccc(CN2CCCC2)o1)N1CCC(c2ccncc2)CC1. The Morgan fingerprint density at radius 1 is 1.04 bits per heavy atom. The number of aromatic nitrogens is 1. The third-order valence-corrected chi connectivity index (χ3v) is 5.41. The Morgan fingerprint density at radius 3 is 2.48 bits per heavy atom. The summed E-state index contributed by atoms with van der Waals surface area (Å²) < 4.78 is 5.83. The Kier molecular flexibility index (Phi) is 4.83. The van der Waals surface area contributed by atoms with Gasteiger partial charge in [-0.1, -0.05) is 0 Å².